The molecule has 0 N–H and O–H groups in total. The van der Waals surface area contributed by atoms with E-state index >= 15 is 0 Å². The van der Waals surface area contributed by atoms with Gasteiger partial charge in [0.15, 0.2) is 0 Å². The molecule has 0 amide bonds. The van der Waals surface area contributed by atoms with Crippen molar-refractivity contribution >= 4 is 0 Å². The van der Waals surface area contributed by atoms with Gasteiger partial charge < -0.3 is 4.74 Å². The quantitative estimate of drug-likeness (QED) is 0.741. The molecular weight excluding hydrogens is 203 g/mol. The van der Waals surface area contributed by atoms with E-state index in [9.17, 15) is 4.39 Å². The van der Waals surface area contributed by atoms with Gasteiger partial charge in [0.2, 0.25) is 0 Å². The van der Waals surface area contributed by atoms with E-state index in [2.05, 4.69) is 0 Å². The first kappa shape index (κ1) is 10.7. The van der Waals surface area contributed by atoms with Gasteiger partial charge in [-0.2, -0.15) is 0 Å². The number of hydrogen-bond donors (Lipinski definition) is 0. The van der Waals surface area contributed by atoms with E-state index in [0.29, 0.717) is 0 Å². The monoisotopic (exact) mass is 216 g/mol. The lowest BCUT2D eigenvalue weighted by atomic mass is 10.0. The van der Waals surface area contributed by atoms with Crippen molar-refractivity contribution in [1.82, 2.24) is 0 Å². The number of rotatable bonds is 2. The molecule has 2 rings (SSSR count). The number of hydrogen-bond acceptors (Lipinski definition) is 1. The summed E-state index contributed by atoms with van der Waals surface area (Å²) in [6, 6.07) is 12.4. The highest BCUT2D eigenvalue weighted by molar-refractivity contribution is 5.65. The summed E-state index contributed by atoms with van der Waals surface area (Å²) in [4.78, 5) is 0. The molecule has 0 fully saturated rings. The normalized spacial score (nSPS) is 10.2. The number of halogens is 1. The molecule has 0 bridgehead atoms. The van der Waals surface area contributed by atoms with E-state index in [0.717, 1.165) is 22.4 Å². The minimum atomic E-state index is -0.220. The van der Waals surface area contributed by atoms with Crippen LogP contribution in [0.3, 0.4) is 0 Å². The third kappa shape index (κ3) is 2.06. The van der Waals surface area contributed by atoms with Gasteiger partial charge >= 0.3 is 0 Å². The number of ether oxygens (including phenoxy) is 1. The fraction of sp³-hybridized carbons (Fsp3) is 0.143. The van der Waals surface area contributed by atoms with Crippen molar-refractivity contribution in [2.45, 2.75) is 6.92 Å². The molecule has 0 saturated heterocycles. The van der Waals surface area contributed by atoms with Gasteiger partial charge in [-0.3, -0.25) is 0 Å². The smallest absolute Gasteiger partial charge is 0.123 e. The van der Waals surface area contributed by atoms with Gasteiger partial charge in [-0.15, -0.1) is 0 Å². The van der Waals surface area contributed by atoms with Crippen LogP contribution in [0.15, 0.2) is 42.5 Å². The van der Waals surface area contributed by atoms with Crippen LogP contribution in [-0.4, -0.2) is 7.11 Å². The molecule has 2 aromatic rings. The first-order valence-corrected chi connectivity index (χ1v) is 5.11. The average molecular weight is 216 g/mol. The Morgan fingerprint density at radius 1 is 0.938 bits per heavy atom. The molecule has 0 spiro atoms. The maximum absolute atomic E-state index is 12.8. The van der Waals surface area contributed by atoms with Gasteiger partial charge in [0.25, 0.3) is 0 Å². The summed E-state index contributed by atoms with van der Waals surface area (Å²) in [6.45, 7) is 1.99. The molecule has 1 nitrogen and oxygen atoms in total. The third-order valence-corrected chi connectivity index (χ3v) is 2.59. The highest BCUT2D eigenvalue weighted by Crippen LogP contribution is 2.26. The highest BCUT2D eigenvalue weighted by atomic mass is 19.1. The summed E-state index contributed by atoms with van der Waals surface area (Å²) in [5, 5.41) is 0. The highest BCUT2D eigenvalue weighted by Gasteiger charge is 2.02. The van der Waals surface area contributed by atoms with Crippen LogP contribution in [0.25, 0.3) is 11.1 Å². The van der Waals surface area contributed by atoms with Gasteiger partial charge in [-0.25, -0.2) is 4.39 Å². The van der Waals surface area contributed by atoms with E-state index in [-0.39, 0.29) is 5.82 Å². The molecule has 0 atom stereocenters. The van der Waals surface area contributed by atoms with Gasteiger partial charge in [0.05, 0.1) is 7.11 Å². The lowest BCUT2D eigenvalue weighted by Crippen LogP contribution is -1.88. The largest absolute Gasteiger partial charge is 0.496 e. The molecule has 2 heteroatoms. The van der Waals surface area contributed by atoms with Crippen LogP contribution in [-0.2, 0) is 0 Å². The molecular formula is C14H13FO. The molecule has 82 valence electrons. The standard InChI is InChI=1S/C14H13FO/c1-10-3-4-12(9-14(10)16-2)11-5-7-13(15)8-6-11/h3-9H,1-2H3. The zero-order valence-corrected chi connectivity index (χ0v) is 9.33. The fourth-order valence-electron chi connectivity index (χ4n) is 1.64. The second-order valence-corrected chi connectivity index (χ2v) is 3.69. The molecule has 0 saturated carbocycles. The van der Waals surface area contributed by atoms with Gasteiger partial charge in [-0.05, 0) is 41.8 Å². The SMILES string of the molecule is COc1cc(-c2ccc(F)cc2)ccc1C. The third-order valence-electron chi connectivity index (χ3n) is 2.59. The Balaban J connectivity index is 2.44. The van der Waals surface area contributed by atoms with Gasteiger partial charge in [-0.1, -0.05) is 24.3 Å². The van der Waals surface area contributed by atoms with Crippen molar-refractivity contribution in [3.8, 4) is 16.9 Å². The molecule has 16 heavy (non-hydrogen) atoms. The topological polar surface area (TPSA) is 9.23 Å². The van der Waals surface area contributed by atoms with Crippen LogP contribution < -0.4 is 4.74 Å². The molecule has 0 radical (unpaired) electrons. The maximum atomic E-state index is 12.8. The first-order chi connectivity index (χ1) is 7.70. The number of aryl methyl sites for hydroxylation is 1. The first-order valence-electron chi connectivity index (χ1n) is 5.11. The van der Waals surface area contributed by atoms with E-state index in [1.165, 1.54) is 12.1 Å². The zero-order valence-electron chi connectivity index (χ0n) is 9.33. The Morgan fingerprint density at radius 3 is 2.19 bits per heavy atom. The predicted molar refractivity (Wildman–Crippen MR) is 63.1 cm³/mol. The average Bonchev–Trinajstić information content (AvgIpc) is 2.31. The van der Waals surface area contributed by atoms with Crippen LogP contribution in [0, 0.1) is 12.7 Å². The Labute approximate surface area is 94.5 Å². The Bertz CT molecular complexity index is 489. The molecule has 2 aromatic carbocycles. The molecule has 0 heterocycles. The van der Waals surface area contributed by atoms with E-state index in [1.807, 2.05) is 25.1 Å². The van der Waals surface area contributed by atoms with Crippen molar-refractivity contribution in [2.24, 2.45) is 0 Å². The number of methoxy groups -OCH3 is 1. The lowest BCUT2D eigenvalue weighted by Gasteiger charge is -2.07. The van der Waals surface area contributed by atoms with Crippen LogP contribution in [0.1, 0.15) is 5.56 Å². The second kappa shape index (κ2) is 4.35. The zero-order chi connectivity index (χ0) is 11.5. The van der Waals surface area contributed by atoms with Crippen LogP contribution in [0.5, 0.6) is 5.75 Å². The summed E-state index contributed by atoms with van der Waals surface area (Å²) in [5.74, 6) is 0.629. The Morgan fingerprint density at radius 2 is 1.56 bits per heavy atom. The van der Waals surface area contributed by atoms with Crippen molar-refractivity contribution in [3.63, 3.8) is 0 Å². The van der Waals surface area contributed by atoms with Crippen molar-refractivity contribution in [3.05, 3.63) is 53.8 Å². The molecule has 0 aliphatic heterocycles. The molecule has 0 unspecified atom stereocenters. The fourth-order valence-corrected chi connectivity index (χ4v) is 1.64. The van der Waals surface area contributed by atoms with E-state index in [4.69, 9.17) is 4.74 Å². The summed E-state index contributed by atoms with van der Waals surface area (Å²) in [5.41, 5.74) is 3.11. The Kier molecular flexibility index (Phi) is 2.91. The van der Waals surface area contributed by atoms with Crippen LogP contribution >= 0.6 is 0 Å². The molecule has 0 aliphatic rings. The summed E-state index contributed by atoms with van der Waals surface area (Å²) in [6.07, 6.45) is 0. The van der Waals surface area contributed by atoms with Crippen molar-refractivity contribution in [2.75, 3.05) is 7.11 Å². The van der Waals surface area contributed by atoms with Crippen molar-refractivity contribution in [1.29, 1.82) is 0 Å². The summed E-state index contributed by atoms with van der Waals surface area (Å²) < 4.78 is 18.0. The van der Waals surface area contributed by atoms with Gasteiger partial charge in [0.1, 0.15) is 11.6 Å². The summed E-state index contributed by atoms with van der Waals surface area (Å²) in [7, 11) is 1.65. The van der Waals surface area contributed by atoms with Crippen LogP contribution in [0.2, 0.25) is 0 Å². The second-order valence-electron chi connectivity index (χ2n) is 3.69. The Hall–Kier alpha value is -1.83. The minimum Gasteiger partial charge on any atom is -0.496 e. The van der Waals surface area contributed by atoms with Crippen LogP contribution in [0.4, 0.5) is 4.39 Å². The number of benzene rings is 2. The minimum absolute atomic E-state index is 0.220. The summed E-state index contributed by atoms with van der Waals surface area (Å²) >= 11 is 0. The molecule has 0 aliphatic carbocycles. The molecule has 0 aromatic heterocycles. The van der Waals surface area contributed by atoms with E-state index in [1.54, 1.807) is 19.2 Å². The lowest BCUT2D eigenvalue weighted by molar-refractivity contribution is 0.412. The maximum Gasteiger partial charge on any atom is 0.123 e. The predicted octanol–water partition coefficient (Wildman–Crippen LogP) is 3.81. The van der Waals surface area contributed by atoms with Crippen molar-refractivity contribution < 1.29 is 9.13 Å². The van der Waals surface area contributed by atoms with E-state index < -0.39 is 0 Å². The van der Waals surface area contributed by atoms with Gasteiger partial charge in [0, 0.05) is 0 Å².